The van der Waals surface area contributed by atoms with Gasteiger partial charge in [-0.1, -0.05) is 6.92 Å². The molecule has 1 amide bonds. The van der Waals surface area contributed by atoms with Gasteiger partial charge in [0.15, 0.2) is 5.82 Å². The minimum Gasteiger partial charge on any atom is -0.350 e. The highest BCUT2D eigenvalue weighted by molar-refractivity contribution is 7.13. The van der Waals surface area contributed by atoms with Gasteiger partial charge in [-0.3, -0.25) is 9.59 Å². The number of aromatic nitrogens is 3. The number of nitrogens with one attached hydrogen (secondary N) is 1. The molecule has 1 atom stereocenters. The molecule has 0 bridgehead atoms. The molecule has 1 aliphatic rings. The van der Waals surface area contributed by atoms with Crippen LogP contribution in [-0.2, 0) is 13.5 Å². The summed E-state index contributed by atoms with van der Waals surface area (Å²) in [6, 6.07) is 0.00476. The largest absolute Gasteiger partial charge is 0.350 e. The van der Waals surface area contributed by atoms with Crippen molar-refractivity contribution in [2.45, 2.75) is 32.2 Å². The molecule has 1 N–H and O–H groups in total. The van der Waals surface area contributed by atoms with Gasteiger partial charge in [0.25, 0.3) is 11.5 Å². The Hall–Kier alpha value is -2.22. The van der Waals surface area contributed by atoms with Crippen LogP contribution in [0.3, 0.4) is 0 Å². The minimum atomic E-state index is -0.112. The van der Waals surface area contributed by atoms with Crippen LogP contribution in [0, 0.1) is 0 Å². The highest BCUT2D eigenvalue weighted by atomic mass is 32.1. The summed E-state index contributed by atoms with van der Waals surface area (Å²) in [7, 11) is 1.71. The third-order valence-corrected chi connectivity index (χ3v) is 5.28. The number of carbonyl (C=O) groups excluding carboxylic acids is 1. The average molecular weight is 347 g/mol. The number of carbonyl (C=O) groups is 1. The van der Waals surface area contributed by atoms with Gasteiger partial charge in [-0.25, -0.2) is 9.97 Å². The van der Waals surface area contributed by atoms with Gasteiger partial charge in [0.2, 0.25) is 0 Å². The van der Waals surface area contributed by atoms with E-state index in [-0.39, 0.29) is 17.5 Å². The van der Waals surface area contributed by atoms with Gasteiger partial charge in [0, 0.05) is 38.6 Å². The van der Waals surface area contributed by atoms with Crippen molar-refractivity contribution >= 4 is 23.1 Å². The van der Waals surface area contributed by atoms with E-state index in [0.29, 0.717) is 17.2 Å². The predicted octanol–water partition coefficient (Wildman–Crippen LogP) is 1.20. The highest BCUT2D eigenvalue weighted by Crippen LogP contribution is 2.17. The Bertz CT molecular complexity index is 785. The molecule has 0 radical (unpaired) electrons. The van der Waals surface area contributed by atoms with E-state index in [2.05, 4.69) is 15.3 Å². The first kappa shape index (κ1) is 16.6. The lowest BCUT2D eigenvalue weighted by Gasteiger charge is -2.33. The lowest BCUT2D eigenvalue weighted by atomic mass is 10.1. The zero-order valence-corrected chi connectivity index (χ0v) is 14.7. The molecule has 3 rings (SSSR count). The van der Waals surface area contributed by atoms with Crippen LogP contribution in [0.25, 0.3) is 0 Å². The van der Waals surface area contributed by atoms with Crippen LogP contribution < -0.4 is 15.8 Å². The number of nitrogens with zero attached hydrogens (tertiary/aromatic N) is 4. The Balaban J connectivity index is 1.68. The normalized spacial score (nSPS) is 17.8. The summed E-state index contributed by atoms with van der Waals surface area (Å²) in [4.78, 5) is 35.6. The summed E-state index contributed by atoms with van der Waals surface area (Å²) in [6.07, 6.45) is 7.54. The van der Waals surface area contributed by atoms with Gasteiger partial charge in [0.1, 0.15) is 4.88 Å². The second-order valence-electron chi connectivity index (χ2n) is 5.90. The molecule has 0 aliphatic carbocycles. The Labute approximate surface area is 144 Å². The van der Waals surface area contributed by atoms with E-state index in [9.17, 15) is 9.59 Å². The van der Waals surface area contributed by atoms with E-state index in [1.165, 1.54) is 15.9 Å². The molecule has 3 heterocycles. The summed E-state index contributed by atoms with van der Waals surface area (Å²) in [5, 5.41) is 4.02. The van der Waals surface area contributed by atoms with Gasteiger partial charge in [-0.15, -0.1) is 11.3 Å². The molecular weight excluding hydrogens is 326 g/mol. The highest BCUT2D eigenvalue weighted by Gasteiger charge is 2.25. The Kier molecular flexibility index (Phi) is 4.94. The number of rotatable bonds is 4. The van der Waals surface area contributed by atoms with E-state index in [1.54, 1.807) is 25.6 Å². The van der Waals surface area contributed by atoms with E-state index in [4.69, 9.17) is 0 Å². The van der Waals surface area contributed by atoms with Crippen molar-refractivity contribution in [1.82, 2.24) is 19.9 Å². The van der Waals surface area contributed by atoms with Crippen LogP contribution in [-0.4, -0.2) is 39.6 Å². The van der Waals surface area contributed by atoms with Crippen molar-refractivity contribution < 1.29 is 4.79 Å². The standard InChI is InChI=1S/C16H21N5O2S/c1-3-13-18-9-12(24-13)15(22)19-11-5-4-7-21(10-11)14-16(23)20(2)8-6-17-14/h6,8-9,11H,3-5,7,10H2,1-2H3,(H,19,22)/t11-/m0/s1. The molecule has 8 heteroatoms. The molecule has 0 aromatic carbocycles. The van der Waals surface area contributed by atoms with Crippen LogP contribution in [0.15, 0.2) is 23.4 Å². The van der Waals surface area contributed by atoms with E-state index < -0.39 is 0 Å². The lowest BCUT2D eigenvalue weighted by molar-refractivity contribution is 0.0937. The maximum atomic E-state index is 12.4. The zero-order chi connectivity index (χ0) is 17.1. The van der Waals surface area contributed by atoms with Gasteiger partial charge in [0.05, 0.1) is 11.2 Å². The first-order valence-corrected chi connectivity index (χ1v) is 8.92. The topological polar surface area (TPSA) is 80.1 Å². The second kappa shape index (κ2) is 7.12. The maximum Gasteiger partial charge on any atom is 0.293 e. The third kappa shape index (κ3) is 3.48. The van der Waals surface area contributed by atoms with Crippen LogP contribution >= 0.6 is 11.3 Å². The number of amides is 1. The first-order valence-electron chi connectivity index (χ1n) is 8.10. The molecule has 0 unspecified atom stereocenters. The van der Waals surface area contributed by atoms with Gasteiger partial charge < -0.3 is 14.8 Å². The number of anilines is 1. The van der Waals surface area contributed by atoms with Crippen molar-refractivity contribution in [3.05, 3.63) is 38.8 Å². The number of hydrogen-bond donors (Lipinski definition) is 1. The molecule has 1 fully saturated rings. The molecule has 128 valence electrons. The quantitative estimate of drug-likeness (QED) is 0.899. The van der Waals surface area contributed by atoms with Gasteiger partial charge in [-0.2, -0.15) is 0 Å². The first-order chi connectivity index (χ1) is 11.6. The van der Waals surface area contributed by atoms with Gasteiger partial charge in [-0.05, 0) is 19.3 Å². The molecule has 2 aromatic heterocycles. The van der Waals surface area contributed by atoms with Crippen LogP contribution in [0.2, 0.25) is 0 Å². The Morgan fingerprint density at radius 1 is 1.46 bits per heavy atom. The van der Waals surface area contributed by atoms with Crippen molar-refractivity contribution in [3.63, 3.8) is 0 Å². The number of thiazole rings is 1. The van der Waals surface area contributed by atoms with E-state index >= 15 is 0 Å². The minimum absolute atomic E-state index is 0.00476. The fourth-order valence-electron chi connectivity index (χ4n) is 2.82. The number of hydrogen-bond acceptors (Lipinski definition) is 6. The molecule has 0 spiro atoms. The zero-order valence-electron chi connectivity index (χ0n) is 13.9. The molecule has 0 saturated carbocycles. The van der Waals surface area contributed by atoms with E-state index in [1.807, 2.05) is 11.8 Å². The van der Waals surface area contributed by atoms with Crippen molar-refractivity contribution in [1.29, 1.82) is 0 Å². The maximum absolute atomic E-state index is 12.4. The Morgan fingerprint density at radius 2 is 2.29 bits per heavy atom. The smallest absolute Gasteiger partial charge is 0.293 e. The summed E-state index contributed by atoms with van der Waals surface area (Å²) in [6.45, 7) is 3.39. The Morgan fingerprint density at radius 3 is 3.04 bits per heavy atom. The van der Waals surface area contributed by atoms with Gasteiger partial charge >= 0.3 is 0 Å². The van der Waals surface area contributed by atoms with Crippen LogP contribution in [0.4, 0.5) is 5.82 Å². The molecule has 2 aromatic rings. The van der Waals surface area contributed by atoms with Crippen molar-refractivity contribution in [2.24, 2.45) is 7.05 Å². The molecule has 1 saturated heterocycles. The van der Waals surface area contributed by atoms with E-state index in [0.717, 1.165) is 30.8 Å². The molecule has 24 heavy (non-hydrogen) atoms. The lowest BCUT2D eigenvalue weighted by Crippen LogP contribution is -2.49. The summed E-state index contributed by atoms with van der Waals surface area (Å²) >= 11 is 1.43. The third-order valence-electron chi connectivity index (χ3n) is 4.13. The number of aryl methyl sites for hydroxylation is 2. The molecule has 1 aliphatic heterocycles. The predicted molar refractivity (Wildman–Crippen MR) is 93.7 cm³/mol. The summed E-state index contributed by atoms with van der Waals surface area (Å²) in [5.41, 5.74) is -0.112. The summed E-state index contributed by atoms with van der Waals surface area (Å²) in [5.74, 6) is 0.359. The van der Waals surface area contributed by atoms with Crippen molar-refractivity contribution in [2.75, 3.05) is 18.0 Å². The molecular formula is C16H21N5O2S. The monoisotopic (exact) mass is 347 g/mol. The summed E-state index contributed by atoms with van der Waals surface area (Å²) < 4.78 is 1.52. The molecule has 7 nitrogen and oxygen atoms in total. The van der Waals surface area contributed by atoms with Crippen LogP contribution in [0.1, 0.15) is 34.4 Å². The average Bonchev–Trinajstić information content (AvgIpc) is 3.07. The van der Waals surface area contributed by atoms with Crippen molar-refractivity contribution in [3.8, 4) is 0 Å². The SMILES string of the molecule is CCc1ncc(C(=O)N[C@H]2CCCN(c3nccn(C)c3=O)C2)s1. The fourth-order valence-corrected chi connectivity index (χ4v) is 3.58. The fraction of sp³-hybridized carbons (Fsp3) is 0.500. The van der Waals surface area contributed by atoms with Crippen LogP contribution in [0.5, 0.6) is 0 Å². The second-order valence-corrected chi connectivity index (χ2v) is 7.01. The number of piperidine rings is 1.